The van der Waals surface area contributed by atoms with Gasteiger partial charge in [0.05, 0.1) is 12.0 Å². The van der Waals surface area contributed by atoms with Gasteiger partial charge in [-0.2, -0.15) is 0 Å². The van der Waals surface area contributed by atoms with Crippen LogP contribution in [0.1, 0.15) is 26.7 Å². The van der Waals surface area contributed by atoms with Crippen LogP contribution in [0.15, 0.2) is 24.3 Å². The molecular weight excluding hydrogens is 240 g/mol. The van der Waals surface area contributed by atoms with Gasteiger partial charge in [-0.1, -0.05) is 6.07 Å². The van der Waals surface area contributed by atoms with Gasteiger partial charge in [0.2, 0.25) is 5.91 Å². The van der Waals surface area contributed by atoms with Crippen LogP contribution in [0.3, 0.4) is 0 Å². The van der Waals surface area contributed by atoms with Crippen LogP contribution in [-0.4, -0.2) is 25.6 Å². The topological polar surface area (TPSA) is 50.4 Å². The summed E-state index contributed by atoms with van der Waals surface area (Å²) in [6.07, 6.45) is 1.97. The van der Waals surface area contributed by atoms with Crippen molar-refractivity contribution in [3.8, 4) is 5.75 Å². The number of hydrogen-bond donors (Lipinski definition) is 2. The number of rotatable bonds is 4. The van der Waals surface area contributed by atoms with Crippen molar-refractivity contribution in [2.75, 3.05) is 25.0 Å². The molecule has 4 heteroatoms. The van der Waals surface area contributed by atoms with E-state index in [1.807, 2.05) is 38.1 Å². The van der Waals surface area contributed by atoms with Crippen LogP contribution in [0.2, 0.25) is 0 Å². The van der Waals surface area contributed by atoms with Gasteiger partial charge in [-0.3, -0.25) is 4.79 Å². The summed E-state index contributed by atoms with van der Waals surface area (Å²) in [6, 6.07) is 7.53. The van der Waals surface area contributed by atoms with E-state index in [-0.39, 0.29) is 11.3 Å². The number of anilines is 1. The first-order chi connectivity index (χ1) is 9.14. The molecule has 1 aliphatic rings. The maximum Gasteiger partial charge on any atom is 0.231 e. The van der Waals surface area contributed by atoms with Crippen LogP contribution in [0.4, 0.5) is 5.69 Å². The molecule has 1 atom stereocenters. The molecule has 104 valence electrons. The first-order valence-corrected chi connectivity index (χ1v) is 6.89. The minimum atomic E-state index is -0.320. The van der Waals surface area contributed by atoms with Crippen LogP contribution in [0.5, 0.6) is 5.75 Å². The summed E-state index contributed by atoms with van der Waals surface area (Å²) < 4.78 is 5.44. The molecule has 1 amide bonds. The van der Waals surface area contributed by atoms with E-state index in [0.29, 0.717) is 6.61 Å². The number of amides is 1. The molecule has 1 aromatic carbocycles. The Balaban J connectivity index is 2.03. The standard InChI is InChI=1S/C15H22N2O2/c1-3-19-13-7-4-6-12(10-13)17-14(18)15(2)8-5-9-16-11-15/h4,6-7,10,16H,3,5,8-9,11H2,1-2H3,(H,17,18). The van der Waals surface area contributed by atoms with Crippen molar-refractivity contribution in [3.63, 3.8) is 0 Å². The molecule has 1 aromatic rings. The summed E-state index contributed by atoms with van der Waals surface area (Å²) in [7, 11) is 0. The second kappa shape index (κ2) is 6.06. The van der Waals surface area contributed by atoms with Crippen molar-refractivity contribution in [2.45, 2.75) is 26.7 Å². The molecule has 1 fully saturated rings. The summed E-state index contributed by atoms with van der Waals surface area (Å²) in [5.74, 6) is 0.862. The van der Waals surface area contributed by atoms with Crippen LogP contribution in [0, 0.1) is 5.41 Å². The molecule has 2 rings (SSSR count). The zero-order valence-electron chi connectivity index (χ0n) is 11.7. The van der Waals surface area contributed by atoms with Gasteiger partial charge in [0, 0.05) is 18.3 Å². The van der Waals surface area contributed by atoms with Crippen LogP contribution in [-0.2, 0) is 4.79 Å². The molecule has 0 spiro atoms. The van der Waals surface area contributed by atoms with E-state index in [0.717, 1.165) is 37.4 Å². The van der Waals surface area contributed by atoms with Crippen molar-refractivity contribution in [2.24, 2.45) is 5.41 Å². The zero-order valence-corrected chi connectivity index (χ0v) is 11.7. The fourth-order valence-electron chi connectivity index (χ4n) is 2.36. The number of benzene rings is 1. The Morgan fingerprint density at radius 2 is 2.37 bits per heavy atom. The van der Waals surface area contributed by atoms with Crippen molar-refractivity contribution < 1.29 is 9.53 Å². The predicted octanol–water partition coefficient (Wildman–Crippen LogP) is 2.41. The molecule has 1 saturated heterocycles. The molecular formula is C15H22N2O2. The second-order valence-corrected chi connectivity index (χ2v) is 5.26. The average Bonchev–Trinajstić information content (AvgIpc) is 2.40. The second-order valence-electron chi connectivity index (χ2n) is 5.26. The summed E-state index contributed by atoms with van der Waals surface area (Å²) in [6.45, 7) is 6.33. The molecule has 0 aromatic heterocycles. The maximum absolute atomic E-state index is 12.4. The summed E-state index contributed by atoms with van der Waals surface area (Å²) >= 11 is 0. The third kappa shape index (κ3) is 3.47. The van der Waals surface area contributed by atoms with Crippen molar-refractivity contribution in [1.29, 1.82) is 0 Å². The predicted molar refractivity (Wildman–Crippen MR) is 76.5 cm³/mol. The van der Waals surface area contributed by atoms with Gasteiger partial charge in [0.15, 0.2) is 0 Å². The zero-order chi connectivity index (χ0) is 13.7. The van der Waals surface area contributed by atoms with Gasteiger partial charge in [-0.05, 0) is 45.4 Å². The summed E-state index contributed by atoms with van der Waals surface area (Å²) in [5, 5.41) is 6.28. The van der Waals surface area contributed by atoms with Gasteiger partial charge in [-0.15, -0.1) is 0 Å². The van der Waals surface area contributed by atoms with Gasteiger partial charge in [-0.25, -0.2) is 0 Å². The number of carbonyl (C=O) groups excluding carboxylic acids is 1. The Labute approximate surface area is 114 Å². The largest absolute Gasteiger partial charge is 0.494 e. The van der Waals surface area contributed by atoms with E-state index in [1.165, 1.54) is 0 Å². The van der Waals surface area contributed by atoms with E-state index in [1.54, 1.807) is 0 Å². The number of nitrogens with one attached hydrogen (secondary N) is 2. The van der Waals surface area contributed by atoms with Gasteiger partial charge in [0.25, 0.3) is 0 Å². The molecule has 1 unspecified atom stereocenters. The Morgan fingerprint density at radius 1 is 1.53 bits per heavy atom. The first kappa shape index (κ1) is 13.9. The Morgan fingerprint density at radius 3 is 3.05 bits per heavy atom. The van der Waals surface area contributed by atoms with Gasteiger partial charge in [0.1, 0.15) is 5.75 Å². The minimum Gasteiger partial charge on any atom is -0.494 e. The molecule has 0 bridgehead atoms. The van der Waals surface area contributed by atoms with Crippen molar-refractivity contribution >= 4 is 11.6 Å². The maximum atomic E-state index is 12.4. The fourth-order valence-corrected chi connectivity index (χ4v) is 2.36. The lowest BCUT2D eigenvalue weighted by Gasteiger charge is -2.32. The van der Waals surface area contributed by atoms with Crippen LogP contribution < -0.4 is 15.4 Å². The molecule has 2 N–H and O–H groups in total. The SMILES string of the molecule is CCOc1cccc(NC(=O)C2(C)CCCNC2)c1. The van der Waals surface area contributed by atoms with E-state index in [2.05, 4.69) is 10.6 Å². The quantitative estimate of drug-likeness (QED) is 0.876. The average molecular weight is 262 g/mol. The summed E-state index contributed by atoms with van der Waals surface area (Å²) in [5.41, 5.74) is 0.475. The first-order valence-electron chi connectivity index (χ1n) is 6.89. The number of ether oxygens (including phenoxy) is 1. The van der Waals surface area contributed by atoms with E-state index in [4.69, 9.17) is 4.74 Å². The molecule has 19 heavy (non-hydrogen) atoms. The smallest absolute Gasteiger partial charge is 0.231 e. The van der Waals surface area contributed by atoms with E-state index >= 15 is 0 Å². The van der Waals surface area contributed by atoms with Crippen molar-refractivity contribution in [3.05, 3.63) is 24.3 Å². The highest BCUT2D eigenvalue weighted by molar-refractivity contribution is 5.95. The molecule has 1 aliphatic heterocycles. The Hall–Kier alpha value is -1.55. The highest BCUT2D eigenvalue weighted by Crippen LogP contribution is 2.28. The number of hydrogen-bond acceptors (Lipinski definition) is 3. The van der Waals surface area contributed by atoms with Crippen LogP contribution in [0.25, 0.3) is 0 Å². The molecule has 1 heterocycles. The monoisotopic (exact) mass is 262 g/mol. The molecule has 4 nitrogen and oxygen atoms in total. The van der Waals surface area contributed by atoms with E-state index < -0.39 is 0 Å². The third-order valence-corrected chi connectivity index (χ3v) is 3.55. The van der Waals surface area contributed by atoms with Crippen LogP contribution >= 0.6 is 0 Å². The minimum absolute atomic E-state index is 0.0772. The number of piperidine rings is 1. The Kier molecular flexibility index (Phi) is 4.43. The lowest BCUT2D eigenvalue weighted by molar-refractivity contribution is -0.125. The molecule has 0 aliphatic carbocycles. The van der Waals surface area contributed by atoms with E-state index in [9.17, 15) is 4.79 Å². The lowest BCUT2D eigenvalue weighted by atomic mass is 9.82. The third-order valence-electron chi connectivity index (χ3n) is 3.55. The van der Waals surface area contributed by atoms with Gasteiger partial charge < -0.3 is 15.4 Å². The fraction of sp³-hybridized carbons (Fsp3) is 0.533. The molecule has 0 saturated carbocycles. The summed E-state index contributed by atoms with van der Waals surface area (Å²) in [4.78, 5) is 12.4. The molecule has 0 radical (unpaired) electrons. The highest BCUT2D eigenvalue weighted by Gasteiger charge is 2.34. The van der Waals surface area contributed by atoms with Crippen molar-refractivity contribution in [1.82, 2.24) is 5.32 Å². The Bertz CT molecular complexity index is 440. The normalized spacial score (nSPS) is 22.8. The lowest BCUT2D eigenvalue weighted by Crippen LogP contribution is -2.46. The highest BCUT2D eigenvalue weighted by atomic mass is 16.5. The number of carbonyl (C=O) groups is 1. The van der Waals surface area contributed by atoms with Gasteiger partial charge >= 0.3 is 0 Å².